The van der Waals surface area contributed by atoms with Crippen molar-refractivity contribution >= 4 is 46.0 Å². The van der Waals surface area contributed by atoms with E-state index in [9.17, 15) is 18.8 Å². The highest BCUT2D eigenvalue weighted by Crippen LogP contribution is 2.41. The lowest BCUT2D eigenvalue weighted by Crippen LogP contribution is -2.41. The Balaban J connectivity index is 1.22. The summed E-state index contributed by atoms with van der Waals surface area (Å²) in [6.45, 7) is 1.82. The van der Waals surface area contributed by atoms with E-state index in [0.717, 1.165) is 11.1 Å². The Bertz CT molecular complexity index is 1580. The largest absolute Gasteiger partial charge is 0.467 e. The fraction of sp³-hybridized carbons (Fsp3) is 0.188. The quantitative estimate of drug-likeness (QED) is 0.238. The van der Waals surface area contributed by atoms with Crippen molar-refractivity contribution in [2.75, 3.05) is 5.32 Å². The molecule has 42 heavy (non-hydrogen) atoms. The van der Waals surface area contributed by atoms with Gasteiger partial charge in [0.15, 0.2) is 5.17 Å². The summed E-state index contributed by atoms with van der Waals surface area (Å²) >= 11 is 1.26. The van der Waals surface area contributed by atoms with Crippen LogP contribution in [0, 0.1) is 5.82 Å². The van der Waals surface area contributed by atoms with Crippen molar-refractivity contribution in [1.82, 2.24) is 10.2 Å². The monoisotopic (exact) mass is 584 g/mol. The number of anilines is 1. The van der Waals surface area contributed by atoms with Crippen molar-refractivity contribution in [3.05, 3.63) is 120 Å². The van der Waals surface area contributed by atoms with Crippen LogP contribution in [-0.2, 0) is 27.3 Å². The summed E-state index contributed by atoms with van der Waals surface area (Å²) < 4.78 is 19.2. The minimum absolute atomic E-state index is 0.185. The van der Waals surface area contributed by atoms with Gasteiger partial charge in [-0.2, -0.15) is 0 Å². The lowest BCUT2D eigenvalue weighted by Gasteiger charge is -2.16. The first kappa shape index (κ1) is 28.8. The molecule has 1 unspecified atom stereocenters. The van der Waals surface area contributed by atoms with Gasteiger partial charge in [0.25, 0.3) is 0 Å². The second kappa shape index (κ2) is 13.3. The number of carbonyl (C=O) groups is 3. The zero-order chi connectivity index (χ0) is 29.5. The number of aliphatic imine (C=N–C) groups is 1. The number of carbonyl (C=O) groups excluding carboxylic acids is 3. The third kappa shape index (κ3) is 7.32. The van der Waals surface area contributed by atoms with Crippen LogP contribution in [0.15, 0.2) is 107 Å². The van der Waals surface area contributed by atoms with Crippen LogP contribution in [0.5, 0.6) is 0 Å². The predicted molar refractivity (Wildman–Crippen MR) is 161 cm³/mol. The maximum Gasteiger partial charge on any atom is 0.247 e. The average Bonchev–Trinajstić information content (AvgIpc) is 3.61. The predicted octanol–water partition coefficient (Wildman–Crippen LogP) is 6.00. The molecule has 1 fully saturated rings. The van der Waals surface area contributed by atoms with E-state index in [1.165, 1.54) is 35.1 Å². The Labute approximate surface area is 247 Å². The third-order valence-electron chi connectivity index (χ3n) is 6.61. The van der Waals surface area contributed by atoms with Gasteiger partial charge in [0.2, 0.25) is 17.7 Å². The SMILES string of the molecule is C[C@H](NC(=O)CCc1ccccc1)C(=O)Nc1ccc(C2SC(=Nc3cccc(F)c3)N(Cc3ccco3)C2=O)cc1. The van der Waals surface area contributed by atoms with Crippen LogP contribution in [0.1, 0.15) is 35.5 Å². The van der Waals surface area contributed by atoms with Gasteiger partial charge in [0, 0.05) is 12.1 Å². The van der Waals surface area contributed by atoms with Crippen molar-refractivity contribution in [3.63, 3.8) is 0 Å². The molecule has 10 heteroatoms. The Morgan fingerprint density at radius 3 is 2.52 bits per heavy atom. The fourth-order valence-corrected chi connectivity index (χ4v) is 5.56. The molecule has 0 spiro atoms. The molecule has 214 valence electrons. The van der Waals surface area contributed by atoms with Crippen LogP contribution >= 0.6 is 11.8 Å². The summed E-state index contributed by atoms with van der Waals surface area (Å²) in [6.07, 6.45) is 2.41. The van der Waals surface area contributed by atoms with Gasteiger partial charge in [0.1, 0.15) is 22.9 Å². The van der Waals surface area contributed by atoms with Crippen molar-refractivity contribution in [2.24, 2.45) is 4.99 Å². The first-order chi connectivity index (χ1) is 20.4. The minimum atomic E-state index is -0.725. The van der Waals surface area contributed by atoms with Gasteiger partial charge < -0.3 is 15.1 Å². The summed E-state index contributed by atoms with van der Waals surface area (Å²) in [5.41, 5.74) is 2.71. The maximum absolute atomic E-state index is 13.8. The van der Waals surface area contributed by atoms with E-state index < -0.39 is 17.1 Å². The lowest BCUT2D eigenvalue weighted by atomic mass is 10.1. The fourth-order valence-electron chi connectivity index (χ4n) is 4.39. The van der Waals surface area contributed by atoms with Crippen LogP contribution in [0.2, 0.25) is 0 Å². The Morgan fingerprint density at radius 1 is 1.02 bits per heavy atom. The van der Waals surface area contributed by atoms with E-state index in [4.69, 9.17) is 4.42 Å². The number of hydrogen-bond donors (Lipinski definition) is 2. The Kier molecular flexibility index (Phi) is 9.13. The molecule has 1 saturated heterocycles. The van der Waals surface area contributed by atoms with Crippen LogP contribution < -0.4 is 10.6 Å². The molecule has 3 amide bonds. The summed E-state index contributed by atoms with van der Waals surface area (Å²) in [5.74, 6) is -0.565. The first-order valence-corrected chi connectivity index (χ1v) is 14.3. The van der Waals surface area contributed by atoms with Gasteiger partial charge in [-0.25, -0.2) is 9.38 Å². The first-order valence-electron chi connectivity index (χ1n) is 13.4. The summed E-state index contributed by atoms with van der Waals surface area (Å²) in [4.78, 5) is 44.6. The van der Waals surface area contributed by atoms with E-state index in [-0.39, 0.29) is 30.7 Å². The average molecular weight is 585 g/mol. The molecular weight excluding hydrogens is 555 g/mol. The van der Waals surface area contributed by atoms with Crippen LogP contribution in [0.3, 0.4) is 0 Å². The van der Waals surface area contributed by atoms with Crippen LogP contribution in [0.4, 0.5) is 15.8 Å². The molecule has 0 saturated carbocycles. The molecule has 2 atom stereocenters. The number of amidine groups is 1. The number of furan rings is 1. The van der Waals surface area contributed by atoms with E-state index in [1.54, 1.807) is 55.5 Å². The lowest BCUT2D eigenvalue weighted by molar-refractivity contribution is -0.126. The van der Waals surface area contributed by atoms with Crippen molar-refractivity contribution in [2.45, 2.75) is 37.6 Å². The molecule has 2 heterocycles. The van der Waals surface area contributed by atoms with Gasteiger partial charge in [-0.1, -0.05) is 60.3 Å². The molecule has 0 radical (unpaired) electrons. The van der Waals surface area contributed by atoms with Crippen LogP contribution in [0.25, 0.3) is 0 Å². The van der Waals surface area contributed by atoms with E-state index >= 15 is 0 Å². The standard InChI is InChI=1S/C32H29FN4O4S/c1-21(34-28(38)17-12-22-7-3-2-4-8-22)30(39)35-25-15-13-23(14-16-25)29-31(40)37(20-27-11-6-18-41-27)32(42-29)36-26-10-5-9-24(33)19-26/h2-11,13-16,18-19,21,29H,12,17,20H2,1H3,(H,34,38)(H,35,39)/t21-,29?/m0/s1. The third-order valence-corrected chi connectivity index (χ3v) is 7.84. The molecule has 1 aromatic heterocycles. The molecule has 4 aromatic rings. The number of aryl methyl sites for hydroxylation is 1. The zero-order valence-corrected chi connectivity index (χ0v) is 23.6. The number of thioether (sulfide) groups is 1. The van der Waals surface area contributed by atoms with Gasteiger partial charge in [-0.05, 0) is 66.9 Å². The molecule has 0 aliphatic carbocycles. The number of nitrogens with zero attached hydrogens (tertiary/aromatic N) is 2. The number of rotatable bonds is 10. The molecule has 1 aliphatic rings. The normalized spacial score (nSPS) is 16.4. The summed E-state index contributed by atoms with van der Waals surface area (Å²) in [7, 11) is 0. The zero-order valence-electron chi connectivity index (χ0n) is 22.8. The van der Waals surface area contributed by atoms with Gasteiger partial charge >= 0.3 is 0 Å². The number of halogens is 1. The molecule has 0 bridgehead atoms. The van der Waals surface area contributed by atoms with Crippen molar-refractivity contribution < 1.29 is 23.2 Å². The Morgan fingerprint density at radius 2 is 1.81 bits per heavy atom. The summed E-state index contributed by atoms with van der Waals surface area (Å²) in [6, 6.07) is 25.3. The molecule has 8 nitrogen and oxygen atoms in total. The molecule has 3 aromatic carbocycles. The number of nitrogens with one attached hydrogen (secondary N) is 2. The minimum Gasteiger partial charge on any atom is -0.467 e. The van der Waals surface area contributed by atoms with Crippen LogP contribution in [-0.4, -0.2) is 33.8 Å². The number of benzene rings is 3. The highest BCUT2D eigenvalue weighted by atomic mass is 32.2. The molecule has 1 aliphatic heterocycles. The Hall–Kier alpha value is -4.70. The van der Waals surface area contributed by atoms with Gasteiger partial charge in [0.05, 0.1) is 18.5 Å². The van der Waals surface area contributed by atoms with E-state index in [1.807, 2.05) is 30.3 Å². The van der Waals surface area contributed by atoms with Gasteiger partial charge in [-0.3, -0.25) is 19.3 Å². The van der Waals surface area contributed by atoms with Crippen molar-refractivity contribution in [1.29, 1.82) is 0 Å². The van der Waals surface area contributed by atoms with Crippen molar-refractivity contribution in [3.8, 4) is 0 Å². The van der Waals surface area contributed by atoms with Gasteiger partial charge in [-0.15, -0.1) is 0 Å². The summed E-state index contributed by atoms with van der Waals surface area (Å²) in [5, 5.41) is 5.39. The van der Waals surface area contributed by atoms with E-state index in [0.29, 0.717) is 28.7 Å². The second-order valence-electron chi connectivity index (χ2n) is 9.76. The number of amides is 3. The highest BCUT2D eigenvalue weighted by molar-refractivity contribution is 8.15. The topological polar surface area (TPSA) is 104 Å². The maximum atomic E-state index is 13.8. The number of hydrogen-bond acceptors (Lipinski definition) is 6. The molecular formula is C32H29FN4O4S. The van der Waals surface area contributed by atoms with E-state index in [2.05, 4.69) is 15.6 Å². The molecule has 5 rings (SSSR count). The second-order valence-corrected chi connectivity index (χ2v) is 10.8. The highest BCUT2D eigenvalue weighted by Gasteiger charge is 2.39. The smallest absolute Gasteiger partial charge is 0.247 e. The molecule has 2 N–H and O–H groups in total.